The molecule has 6 heteroatoms. The molecule has 0 unspecified atom stereocenters. The number of hydrogen-bond donors (Lipinski definition) is 1. The molecular formula is C12H8F4N2. The molecule has 0 atom stereocenters. The molecule has 2 aromatic rings. The zero-order valence-corrected chi connectivity index (χ0v) is 9.00. The Morgan fingerprint density at radius 2 is 1.67 bits per heavy atom. The molecule has 0 saturated carbocycles. The number of nitrogen functional groups attached to an aromatic ring is 1. The van der Waals surface area contributed by atoms with E-state index in [1.54, 1.807) is 0 Å². The van der Waals surface area contributed by atoms with Crippen LogP contribution < -0.4 is 5.73 Å². The predicted octanol–water partition coefficient (Wildman–Crippen LogP) is 3.49. The second-order valence-corrected chi connectivity index (χ2v) is 3.67. The van der Waals surface area contributed by atoms with Gasteiger partial charge in [0.2, 0.25) is 0 Å². The fraction of sp³-hybridized carbons (Fsp3) is 0.0833. The van der Waals surface area contributed by atoms with Crippen molar-refractivity contribution in [2.45, 2.75) is 6.18 Å². The highest BCUT2D eigenvalue weighted by Crippen LogP contribution is 2.31. The molecule has 0 amide bonds. The Morgan fingerprint density at radius 1 is 1.06 bits per heavy atom. The first kappa shape index (κ1) is 12.3. The SMILES string of the molecule is Nc1cc(F)cnc1-c1ccc(C(F)(F)F)cc1. The number of halogens is 4. The second kappa shape index (κ2) is 4.29. The third kappa shape index (κ3) is 2.42. The van der Waals surface area contributed by atoms with Gasteiger partial charge < -0.3 is 5.73 Å². The standard InChI is InChI=1S/C12H8F4N2/c13-9-5-10(17)11(18-6-9)7-1-3-8(4-2-7)12(14,15)16/h1-6H,17H2. The van der Waals surface area contributed by atoms with Gasteiger partial charge in [-0.05, 0) is 12.1 Å². The fourth-order valence-electron chi connectivity index (χ4n) is 1.51. The fourth-order valence-corrected chi connectivity index (χ4v) is 1.51. The van der Waals surface area contributed by atoms with Crippen LogP contribution in [0.25, 0.3) is 11.3 Å². The lowest BCUT2D eigenvalue weighted by atomic mass is 10.1. The first-order valence-electron chi connectivity index (χ1n) is 4.96. The topological polar surface area (TPSA) is 38.9 Å². The van der Waals surface area contributed by atoms with Gasteiger partial charge in [-0.1, -0.05) is 12.1 Å². The zero-order valence-electron chi connectivity index (χ0n) is 9.00. The van der Waals surface area contributed by atoms with Crippen LogP contribution in [-0.4, -0.2) is 4.98 Å². The van der Waals surface area contributed by atoms with Crippen LogP contribution in [0.5, 0.6) is 0 Å². The molecule has 0 radical (unpaired) electrons. The summed E-state index contributed by atoms with van der Waals surface area (Å²) in [5.74, 6) is -0.594. The third-order valence-corrected chi connectivity index (χ3v) is 2.37. The van der Waals surface area contributed by atoms with Crippen molar-refractivity contribution in [3.63, 3.8) is 0 Å². The van der Waals surface area contributed by atoms with E-state index in [1.807, 2.05) is 0 Å². The number of rotatable bonds is 1. The van der Waals surface area contributed by atoms with Crippen molar-refractivity contribution < 1.29 is 17.6 Å². The summed E-state index contributed by atoms with van der Waals surface area (Å²) in [5, 5.41) is 0. The Morgan fingerprint density at radius 3 is 2.17 bits per heavy atom. The van der Waals surface area contributed by atoms with Gasteiger partial charge in [-0.2, -0.15) is 13.2 Å². The van der Waals surface area contributed by atoms with E-state index in [1.165, 1.54) is 12.1 Å². The molecule has 0 saturated heterocycles. The molecule has 94 valence electrons. The van der Waals surface area contributed by atoms with Crippen molar-refractivity contribution in [3.8, 4) is 11.3 Å². The monoisotopic (exact) mass is 256 g/mol. The van der Waals surface area contributed by atoms with E-state index >= 15 is 0 Å². The van der Waals surface area contributed by atoms with E-state index in [9.17, 15) is 17.6 Å². The summed E-state index contributed by atoms with van der Waals surface area (Å²) in [7, 11) is 0. The Labute approximate surface area is 100 Å². The molecule has 0 aliphatic carbocycles. The Balaban J connectivity index is 2.41. The van der Waals surface area contributed by atoms with Gasteiger partial charge in [0.1, 0.15) is 5.82 Å². The molecule has 0 aliphatic heterocycles. The van der Waals surface area contributed by atoms with E-state index in [2.05, 4.69) is 4.98 Å². The highest BCUT2D eigenvalue weighted by Gasteiger charge is 2.30. The van der Waals surface area contributed by atoms with Gasteiger partial charge in [0, 0.05) is 11.6 Å². The summed E-state index contributed by atoms with van der Waals surface area (Å²) in [4.78, 5) is 3.76. The van der Waals surface area contributed by atoms with Crippen LogP contribution in [0.1, 0.15) is 5.56 Å². The van der Waals surface area contributed by atoms with Gasteiger partial charge in [-0.15, -0.1) is 0 Å². The Bertz CT molecular complexity index is 561. The average Bonchev–Trinajstić information content (AvgIpc) is 2.28. The van der Waals surface area contributed by atoms with Crippen LogP contribution >= 0.6 is 0 Å². The smallest absolute Gasteiger partial charge is 0.397 e. The lowest BCUT2D eigenvalue weighted by Gasteiger charge is -2.08. The number of pyridine rings is 1. The minimum Gasteiger partial charge on any atom is -0.397 e. The van der Waals surface area contributed by atoms with Crippen LogP contribution in [0.2, 0.25) is 0 Å². The maximum atomic E-state index is 12.8. The van der Waals surface area contributed by atoms with E-state index in [0.29, 0.717) is 5.56 Å². The van der Waals surface area contributed by atoms with Gasteiger partial charge in [-0.25, -0.2) is 4.39 Å². The third-order valence-electron chi connectivity index (χ3n) is 2.37. The van der Waals surface area contributed by atoms with E-state index < -0.39 is 17.6 Å². The minimum atomic E-state index is -4.39. The molecule has 0 bridgehead atoms. The number of hydrogen-bond acceptors (Lipinski definition) is 2. The van der Waals surface area contributed by atoms with Crippen molar-refractivity contribution in [2.75, 3.05) is 5.73 Å². The Hall–Kier alpha value is -2.11. The number of anilines is 1. The van der Waals surface area contributed by atoms with Gasteiger partial charge >= 0.3 is 6.18 Å². The molecular weight excluding hydrogens is 248 g/mol. The minimum absolute atomic E-state index is 0.0785. The second-order valence-electron chi connectivity index (χ2n) is 3.67. The molecule has 2 rings (SSSR count). The summed E-state index contributed by atoms with van der Waals surface area (Å²) in [5.41, 5.74) is 5.53. The summed E-state index contributed by atoms with van der Waals surface area (Å²) in [6, 6.07) is 5.43. The van der Waals surface area contributed by atoms with Gasteiger partial charge in [0.05, 0.1) is 23.1 Å². The maximum absolute atomic E-state index is 12.8. The molecule has 0 fully saturated rings. The van der Waals surface area contributed by atoms with Crippen LogP contribution in [0, 0.1) is 5.82 Å². The van der Waals surface area contributed by atoms with E-state index in [-0.39, 0.29) is 11.4 Å². The van der Waals surface area contributed by atoms with E-state index in [4.69, 9.17) is 5.73 Å². The van der Waals surface area contributed by atoms with Crippen molar-refractivity contribution in [1.29, 1.82) is 0 Å². The van der Waals surface area contributed by atoms with Gasteiger partial charge in [-0.3, -0.25) is 4.98 Å². The first-order chi connectivity index (χ1) is 8.38. The summed E-state index contributed by atoms with van der Waals surface area (Å²) >= 11 is 0. The summed E-state index contributed by atoms with van der Waals surface area (Å²) < 4.78 is 49.9. The highest BCUT2D eigenvalue weighted by molar-refractivity contribution is 5.72. The normalized spacial score (nSPS) is 11.6. The molecule has 1 aromatic carbocycles. The van der Waals surface area contributed by atoms with Crippen molar-refractivity contribution in [1.82, 2.24) is 4.98 Å². The molecule has 18 heavy (non-hydrogen) atoms. The van der Waals surface area contributed by atoms with Gasteiger partial charge in [0.15, 0.2) is 0 Å². The lowest BCUT2D eigenvalue weighted by Crippen LogP contribution is -2.04. The van der Waals surface area contributed by atoms with Crippen molar-refractivity contribution in [3.05, 3.63) is 47.9 Å². The summed E-state index contributed by atoms with van der Waals surface area (Å²) in [6.45, 7) is 0. The van der Waals surface area contributed by atoms with Crippen LogP contribution in [-0.2, 0) is 6.18 Å². The van der Waals surface area contributed by atoms with Crippen LogP contribution in [0.3, 0.4) is 0 Å². The number of aromatic nitrogens is 1. The average molecular weight is 256 g/mol. The molecule has 2 nitrogen and oxygen atoms in total. The van der Waals surface area contributed by atoms with Gasteiger partial charge in [0.25, 0.3) is 0 Å². The lowest BCUT2D eigenvalue weighted by molar-refractivity contribution is -0.137. The zero-order chi connectivity index (χ0) is 13.3. The van der Waals surface area contributed by atoms with Crippen molar-refractivity contribution in [2.24, 2.45) is 0 Å². The number of alkyl halides is 3. The maximum Gasteiger partial charge on any atom is 0.416 e. The first-order valence-corrected chi connectivity index (χ1v) is 4.96. The van der Waals surface area contributed by atoms with Crippen LogP contribution in [0.15, 0.2) is 36.5 Å². The largest absolute Gasteiger partial charge is 0.416 e. The highest BCUT2D eigenvalue weighted by atomic mass is 19.4. The molecule has 0 spiro atoms. The Kier molecular flexibility index (Phi) is 2.94. The van der Waals surface area contributed by atoms with Crippen molar-refractivity contribution >= 4 is 5.69 Å². The molecule has 2 N–H and O–H groups in total. The molecule has 0 aliphatic rings. The summed E-state index contributed by atoms with van der Waals surface area (Å²) in [6.07, 6.45) is -3.43. The number of nitrogens with two attached hydrogens (primary N) is 1. The number of nitrogens with zero attached hydrogens (tertiary/aromatic N) is 1. The quantitative estimate of drug-likeness (QED) is 0.793. The van der Waals surface area contributed by atoms with Crippen LogP contribution in [0.4, 0.5) is 23.2 Å². The molecule has 1 heterocycles. The van der Waals surface area contributed by atoms with E-state index in [0.717, 1.165) is 24.4 Å². The molecule has 1 aromatic heterocycles. The number of benzene rings is 1. The predicted molar refractivity (Wildman–Crippen MR) is 59.0 cm³/mol.